The summed E-state index contributed by atoms with van der Waals surface area (Å²) in [4.78, 5) is 8.36. The normalized spacial score (nSPS) is 11.2. The van der Waals surface area contributed by atoms with Crippen molar-refractivity contribution in [1.82, 2.24) is 19.6 Å². The summed E-state index contributed by atoms with van der Waals surface area (Å²) in [6, 6.07) is 0. The number of aromatic hydroxyl groups is 1. The second-order valence-electron chi connectivity index (χ2n) is 3.28. The summed E-state index contributed by atoms with van der Waals surface area (Å²) in [7, 11) is 0. The Morgan fingerprint density at radius 2 is 2.12 bits per heavy atom. The number of aryl methyl sites for hydroxylation is 1. The van der Waals surface area contributed by atoms with E-state index in [0.29, 0.717) is 28.6 Å². The molecule has 16 heavy (non-hydrogen) atoms. The smallest absolute Gasteiger partial charge is 0.256 e. The molecule has 2 rings (SSSR count). The lowest BCUT2D eigenvalue weighted by Gasteiger charge is -2.06. The van der Waals surface area contributed by atoms with Crippen molar-refractivity contribution in [1.29, 1.82) is 0 Å². The van der Waals surface area contributed by atoms with Crippen LogP contribution in [-0.2, 0) is 6.42 Å². The number of nitrogens with zero attached hydrogens (tertiary/aromatic N) is 4. The van der Waals surface area contributed by atoms with Crippen LogP contribution in [0.2, 0.25) is 0 Å². The zero-order chi connectivity index (χ0) is 11.7. The topological polar surface area (TPSA) is 83.5 Å². The highest BCUT2D eigenvalue weighted by atomic mass is 32.2. The Morgan fingerprint density at radius 3 is 2.75 bits per heavy atom. The predicted octanol–water partition coefficient (Wildman–Crippen LogP) is 0.395. The van der Waals surface area contributed by atoms with Crippen molar-refractivity contribution in [2.24, 2.45) is 0 Å². The van der Waals surface area contributed by atoms with E-state index in [1.54, 1.807) is 6.92 Å². The zero-order valence-electron chi connectivity index (χ0n) is 9.01. The fraction of sp³-hybridized carbons (Fsp3) is 0.444. The Labute approximate surface area is 96.3 Å². The van der Waals surface area contributed by atoms with Crippen LogP contribution >= 0.6 is 11.8 Å². The molecule has 0 saturated heterocycles. The molecule has 0 aromatic carbocycles. The van der Waals surface area contributed by atoms with Gasteiger partial charge in [0.05, 0.1) is 5.69 Å². The maximum atomic E-state index is 9.97. The van der Waals surface area contributed by atoms with Crippen molar-refractivity contribution in [3.05, 3.63) is 11.3 Å². The summed E-state index contributed by atoms with van der Waals surface area (Å²) in [5.41, 5.74) is 1.27. The molecule has 0 fully saturated rings. The minimum Gasteiger partial charge on any atom is -0.493 e. The highest BCUT2D eigenvalue weighted by molar-refractivity contribution is 7.98. The Balaban J connectivity index is 2.66. The first-order valence-corrected chi connectivity index (χ1v) is 6.00. The molecule has 2 aromatic heterocycles. The van der Waals surface area contributed by atoms with Crippen molar-refractivity contribution >= 4 is 17.5 Å². The van der Waals surface area contributed by atoms with Crippen molar-refractivity contribution in [2.45, 2.75) is 18.5 Å². The molecule has 2 aromatic rings. The fourth-order valence-corrected chi connectivity index (χ4v) is 1.83. The molecule has 0 aliphatic rings. The molecule has 2 heterocycles. The van der Waals surface area contributed by atoms with Crippen molar-refractivity contribution in [3.63, 3.8) is 0 Å². The predicted molar refractivity (Wildman–Crippen MR) is 59.8 cm³/mol. The van der Waals surface area contributed by atoms with Crippen LogP contribution in [-0.4, -0.2) is 42.7 Å². The number of hydrogen-bond acceptors (Lipinski definition) is 6. The first kappa shape index (κ1) is 11.2. The maximum Gasteiger partial charge on any atom is 0.256 e. The van der Waals surface area contributed by atoms with E-state index in [0.717, 1.165) is 0 Å². The lowest BCUT2D eigenvalue weighted by Crippen LogP contribution is -2.03. The third-order valence-electron chi connectivity index (χ3n) is 2.29. The van der Waals surface area contributed by atoms with E-state index in [9.17, 15) is 5.11 Å². The van der Waals surface area contributed by atoms with Crippen molar-refractivity contribution < 1.29 is 10.2 Å². The molecule has 0 radical (unpaired) electrons. The van der Waals surface area contributed by atoms with Gasteiger partial charge in [0.25, 0.3) is 5.78 Å². The van der Waals surface area contributed by atoms with Gasteiger partial charge in [-0.2, -0.15) is 9.50 Å². The van der Waals surface area contributed by atoms with Crippen LogP contribution in [0.4, 0.5) is 0 Å². The van der Waals surface area contributed by atoms with Crippen LogP contribution in [0.15, 0.2) is 5.16 Å². The summed E-state index contributed by atoms with van der Waals surface area (Å²) in [6.45, 7) is 1.74. The zero-order valence-corrected chi connectivity index (χ0v) is 9.82. The summed E-state index contributed by atoms with van der Waals surface area (Å²) in [6.07, 6.45) is 2.21. The molecule has 0 saturated carbocycles. The standard InChI is InChI=1S/C9H12N4O2S/c1-5-6(3-4-14)7(15)13-8(10-5)11-9(12-13)16-2/h14-15H,3-4H2,1-2H3. The largest absolute Gasteiger partial charge is 0.493 e. The Kier molecular flexibility index (Phi) is 2.97. The van der Waals surface area contributed by atoms with Gasteiger partial charge in [-0.25, -0.2) is 4.98 Å². The first-order chi connectivity index (χ1) is 7.67. The number of aromatic nitrogens is 4. The van der Waals surface area contributed by atoms with E-state index >= 15 is 0 Å². The van der Waals surface area contributed by atoms with Gasteiger partial charge in [0.15, 0.2) is 0 Å². The monoisotopic (exact) mass is 240 g/mol. The third kappa shape index (κ3) is 1.72. The van der Waals surface area contributed by atoms with E-state index in [1.807, 2.05) is 6.26 Å². The third-order valence-corrected chi connectivity index (χ3v) is 2.83. The quantitative estimate of drug-likeness (QED) is 0.755. The van der Waals surface area contributed by atoms with E-state index in [-0.39, 0.29) is 12.5 Å². The average Bonchev–Trinajstić information content (AvgIpc) is 2.67. The molecule has 6 nitrogen and oxygen atoms in total. The van der Waals surface area contributed by atoms with Gasteiger partial charge in [0, 0.05) is 18.6 Å². The molecule has 0 aliphatic carbocycles. The van der Waals surface area contributed by atoms with Crippen molar-refractivity contribution in [3.8, 4) is 5.88 Å². The Hall–Kier alpha value is -1.34. The van der Waals surface area contributed by atoms with Crippen molar-refractivity contribution in [2.75, 3.05) is 12.9 Å². The van der Waals surface area contributed by atoms with Gasteiger partial charge in [-0.15, -0.1) is 5.10 Å². The molecule has 7 heteroatoms. The van der Waals surface area contributed by atoms with Gasteiger partial charge >= 0.3 is 0 Å². The molecule has 0 atom stereocenters. The molecule has 0 amide bonds. The second-order valence-corrected chi connectivity index (χ2v) is 4.06. The minimum atomic E-state index is -0.0360. The van der Waals surface area contributed by atoms with E-state index in [1.165, 1.54) is 16.3 Å². The lowest BCUT2D eigenvalue weighted by atomic mass is 10.2. The number of hydrogen-bond donors (Lipinski definition) is 2. The molecule has 0 aliphatic heterocycles. The summed E-state index contributed by atoms with van der Waals surface area (Å²) < 4.78 is 1.30. The number of rotatable bonds is 3. The van der Waals surface area contributed by atoms with Gasteiger partial charge < -0.3 is 10.2 Å². The molecule has 2 N–H and O–H groups in total. The van der Waals surface area contributed by atoms with E-state index in [2.05, 4.69) is 15.1 Å². The highest BCUT2D eigenvalue weighted by Gasteiger charge is 2.14. The summed E-state index contributed by atoms with van der Waals surface area (Å²) in [5.74, 6) is 0.380. The van der Waals surface area contributed by atoms with Crippen LogP contribution in [0.1, 0.15) is 11.3 Å². The Bertz CT molecular complexity index is 526. The number of fused-ring (bicyclic) bond motifs is 1. The molecule has 0 unspecified atom stereocenters. The number of aliphatic hydroxyl groups excluding tert-OH is 1. The van der Waals surface area contributed by atoms with E-state index < -0.39 is 0 Å². The van der Waals surface area contributed by atoms with E-state index in [4.69, 9.17) is 5.11 Å². The molecule has 0 bridgehead atoms. The molecule has 86 valence electrons. The highest BCUT2D eigenvalue weighted by Crippen LogP contribution is 2.22. The minimum absolute atomic E-state index is 0.00403. The SMILES string of the molecule is CSc1nc2nc(C)c(CCO)c(O)n2n1. The van der Waals surface area contributed by atoms with Gasteiger partial charge in [-0.1, -0.05) is 11.8 Å². The van der Waals surface area contributed by atoms with Crippen LogP contribution in [0, 0.1) is 6.92 Å². The van der Waals surface area contributed by atoms with Gasteiger partial charge in [-0.05, 0) is 13.2 Å². The first-order valence-electron chi connectivity index (χ1n) is 4.77. The maximum absolute atomic E-state index is 9.97. The lowest BCUT2D eigenvalue weighted by molar-refractivity contribution is 0.295. The summed E-state index contributed by atoms with van der Waals surface area (Å²) in [5, 5.41) is 23.5. The average molecular weight is 240 g/mol. The summed E-state index contributed by atoms with van der Waals surface area (Å²) >= 11 is 1.38. The number of aliphatic hydroxyl groups is 1. The molecular formula is C9H12N4O2S. The molecule has 0 spiro atoms. The van der Waals surface area contributed by atoms with Crippen LogP contribution in [0.3, 0.4) is 0 Å². The van der Waals surface area contributed by atoms with Crippen LogP contribution < -0.4 is 0 Å². The molecular weight excluding hydrogens is 228 g/mol. The van der Waals surface area contributed by atoms with Gasteiger partial charge in [0.1, 0.15) is 0 Å². The number of thioether (sulfide) groups is 1. The van der Waals surface area contributed by atoms with Crippen LogP contribution in [0.5, 0.6) is 5.88 Å². The Morgan fingerprint density at radius 1 is 1.38 bits per heavy atom. The fourth-order valence-electron chi connectivity index (χ4n) is 1.50. The van der Waals surface area contributed by atoms with Crippen LogP contribution in [0.25, 0.3) is 5.78 Å². The van der Waals surface area contributed by atoms with Gasteiger partial charge in [0.2, 0.25) is 11.0 Å². The second kappa shape index (κ2) is 4.26. The van der Waals surface area contributed by atoms with Gasteiger partial charge in [-0.3, -0.25) is 0 Å².